The van der Waals surface area contributed by atoms with Gasteiger partial charge in [-0.3, -0.25) is 4.90 Å². The summed E-state index contributed by atoms with van der Waals surface area (Å²) >= 11 is 1.75. The third kappa shape index (κ3) is 3.26. The Labute approximate surface area is 95.3 Å². The van der Waals surface area contributed by atoms with Crippen molar-refractivity contribution in [1.82, 2.24) is 9.88 Å². The summed E-state index contributed by atoms with van der Waals surface area (Å²) in [5.74, 6) is 0.809. The molecule has 1 aromatic heterocycles. The zero-order valence-corrected chi connectivity index (χ0v) is 9.88. The van der Waals surface area contributed by atoms with Crippen LogP contribution in [0.25, 0.3) is 0 Å². The first-order valence-corrected chi connectivity index (χ1v) is 6.57. The zero-order valence-electron chi connectivity index (χ0n) is 9.06. The van der Waals surface area contributed by atoms with E-state index in [1.54, 1.807) is 11.3 Å². The average molecular weight is 225 g/mol. The topological polar surface area (TPSA) is 42.1 Å². The number of nitrogens with two attached hydrogens (primary N) is 1. The predicted molar refractivity (Wildman–Crippen MR) is 63.8 cm³/mol. The summed E-state index contributed by atoms with van der Waals surface area (Å²) in [4.78, 5) is 6.85. The molecule has 0 spiro atoms. The van der Waals surface area contributed by atoms with E-state index < -0.39 is 0 Å². The van der Waals surface area contributed by atoms with E-state index in [0.29, 0.717) is 0 Å². The van der Waals surface area contributed by atoms with E-state index in [0.717, 1.165) is 19.0 Å². The van der Waals surface area contributed by atoms with Crippen molar-refractivity contribution in [3.8, 4) is 0 Å². The van der Waals surface area contributed by atoms with Gasteiger partial charge < -0.3 is 5.73 Å². The number of aromatic nitrogens is 1. The van der Waals surface area contributed by atoms with Crippen molar-refractivity contribution in [2.45, 2.75) is 25.8 Å². The molecular weight excluding hydrogens is 206 g/mol. The summed E-state index contributed by atoms with van der Waals surface area (Å²) in [6, 6.07) is 0. The quantitative estimate of drug-likeness (QED) is 0.848. The van der Waals surface area contributed by atoms with Crippen molar-refractivity contribution in [3.63, 3.8) is 0 Å². The van der Waals surface area contributed by atoms with Crippen LogP contribution in [0.4, 0.5) is 0 Å². The van der Waals surface area contributed by atoms with Gasteiger partial charge >= 0.3 is 0 Å². The maximum atomic E-state index is 5.61. The van der Waals surface area contributed by atoms with Crippen LogP contribution in [0.2, 0.25) is 0 Å². The molecule has 1 aliphatic heterocycles. The monoisotopic (exact) mass is 225 g/mol. The van der Waals surface area contributed by atoms with E-state index in [-0.39, 0.29) is 0 Å². The lowest BCUT2D eigenvalue weighted by Gasteiger charge is -2.31. The molecule has 2 heterocycles. The van der Waals surface area contributed by atoms with Crippen LogP contribution in [0, 0.1) is 5.92 Å². The summed E-state index contributed by atoms with van der Waals surface area (Å²) in [6.07, 6.45) is 5.73. The van der Waals surface area contributed by atoms with Crippen LogP contribution in [0.15, 0.2) is 11.6 Å². The van der Waals surface area contributed by atoms with Gasteiger partial charge in [-0.1, -0.05) is 0 Å². The van der Waals surface area contributed by atoms with Crippen molar-refractivity contribution < 1.29 is 0 Å². The molecule has 2 rings (SSSR count). The highest BCUT2D eigenvalue weighted by atomic mass is 32.1. The van der Waals surface area contributed by atoms with Crippen LogP contribution in [0.1, 0.15) is 24.3 Å². The number of nitrogens with zero attached hydrogens (tertiary/aromatic N) is 2. The summed E-state index contributed by atoms with van der Waals surface area (Å²) in [5, 5.41) is 3.29. The highest BCUT2D eigenvalue weighted by Crippen LogP contribution is 2.21. The number of hydrogen-bond donors (Lipinski definition) is 1. The molecule has 15 heavy (non-hydrogen) atoms. The largest absolute Gasteiger partial charge is 0.330 e. The van der Waals surface area contributed by atoms with Gasteiger partial charge in [0.1, 0.15) is 5.01 Å². The molecule has 4 heteroatoms. The number of piperidine rings is 1. The fourth-order valence-corrected chi connectivity index (χ4v) is 2.95. The Morgan fingerprint density at radius 2 is 2.53 bits per heavy atom. The van der Waals surface area contributed by atoms with Crippen molar-refractivity contribution in [2.75, 3.05) is 19.6 Å². The lowest BCUT2D eigenvalue weighted by Crippen LogP contribution is -2.35. The number of likely N-dealkylation sites (tertiary alicyclic amines) is 1. The molecule has 1 unspecified atom stereocenters. The van der Waals surface area contributed by atoms with Crippen LogP contribution in [0.3, 0.4) is 0 Å². The number of thiazole rings is 1. The van der Waals surface area contributed by atoms with Gasteiger partial charge in [-0.2, -0.15) is 0 Å². The van der Waals surface area contributed by atoms with Crippen LogP contribution in [0.5, 0.6) is 0 Å². The fraction of sp³-hybridized carbons (Fsp3) is 0.727. The Hall–Kier alpha value is -0.450. The van der Waals surface area contributed by atoms with E-state index in [1.807, 2.05) is 6.20 Å². The average Bonchev–Trinajstić information content (AvgIpc) is 2.71. The van der Waals surface area contributed by atoms with Gasteiger partial charge in [0.25, 0.3) is 0 Å². The van der Waals surface area contributed by atoms with E-state index in [4.69, 9.17) is 5.73 Å². The predicted octanol–water partition coefficient (Wildman–Crippen LogP) is 1.70. The second-order valence-corrected chi connectivity index (χ2v) is 5.23. The zero-order chi connectivity index (χ0) is 10.5. The molecule has 1 fully saturated rings. The Morgan fingerprint density at radius 1 is 1.60 bits per heavy atom. The maximum Gasteiger partial charge on any atom is 0.107 e. The standard InChI is InChI=1S/C11H19N3S/c12-4-3-10-2-1-6-14(8-10)9-11-13-5-7-15-11/h5,7,10H,1-4,6,8-9,12H2. The SMILES string of the molecule is NCCC1CCCN(Cc2nccs2)C1. The van der Waals surface area contributed by atoms with Crippen molar-refractivity contribution >= 4 is 11.3 Å². The van der Waals surface area contributed by atoms with Gasteiger partial charge in [0, 0.05) is 18.1 Å². The molecule has 0 saturated carbocycles. The Morgan fingerprint density at radius 3 is 3.27 bits per heavy atom. The molecule has 0 bridgehead atoms. The highest BCUT2D eigenvalue weighted by Gasteiger charge is 2.19. The minimum Gasteiger partial charge on any atom is -0.330 e. The summed E-state index contributed by atoms with van der Waals surface area (Å²) in [6.45, 7) is 4.28. The van der Waals surface area contributed by atoms with Gasteiger partial charge in [-0.25, -0.2) is 4.98 Å². The Balaban J connectivity index is 1.82. The molecule has 1 atom stereocenters. The molecular formula is C11H19N3S. The second-order valence-electron chi connectivity index (χ2n) is 4.25. The van der Waals surface area contributed by atoms with Crippen LogP contribution < -0.4 is 5.73 Å². The van der Waals surface area contributed by atoms with Crippen LogP contribution >= 0.6 is 11.3 Å². The van der Waals surface area contributed by atoms with Crippen molar-refractivity contribution in [1.29, 1.82) is 0 Å². The maximum absolute atomic E-state index is 5.61. The van der Waals surface area contributed by atoms with Crippen molar-refractivity contribution in [2.24, 2.45) is 11.7 Å². The summed E-state index contributed by atoms with van der Waals surface area (Å²) in [7, 11) is 0. The molecule has 0 aliphatic carbocycles. The lowest BCUT2D eigenvalue weighted by atomic mass is 9.95. The van der Waals surface area contributed by atoms with Gasteiger partial charge in [0.15, 0.2) is 0 Å². The molecule has 2 N–H and O–H groups in total. The van der Waals surface area contributed by atoms with Gasteiger partial charge in [0.2, 0.25) is 0 Å². The van der Waals surface area contributed by atoms with E-state index in [9.17, 15) is 0 Å². The Kier molecular flexibility index (Phi) is 4.11. The lowest BCUT2D eigenvalue weighted by molar-refractivity contribution is 0.163. The van der Waals surface area contributed by atoms with E-state index in [2.05, 4.69) is 15.3 Å². The van der Waals surface area contributed by atoms with E-state index >= 15 is 0 Å². The summed E-state index contributed by atoms with van der Waals surface area (Å²) in [5.41, 5.74) is 5.61. The first kappa shape index (κ1) is 11.0. The van der Waals surface area contributed by atoms with Gasteiger partial charge in [-0.15, -0.1) is 11.3 Å². The van der Waals surface area contributed by atoms with Crippen LogP contribution in [-0.4, -0.2) is 29.5 Å². The molecule has 1 saturated heterocycles. The highest BCUT2D eigenvalue weighted by molar-refractivity contribution is 7.09. The molecule has 0 amide bonds. The normalized spacial score (nSPS) is 23.1. The first-order valence-electron chi connectivity index (χ1n) is 5.69. The fourth-order valence-electron chi connectivity index (χ4n) is 2.29. The molecule has 84 valence electrons. The van der Waals surface area contributed by atoms with E-state index in [1.165, 1.54) is 37.4 Å². The van der Waals surface area contributed by atoms with Gasteiger partial charge in [0.05, 0.1) is 6.54 Å². The van der Waals surface area contributed by atoms with Crippen molar-refractivity contribution in [3.05, 3.63) is 16.6 Å². The third-order valence-electron chi connectivity index (χ3n) is 3.02. The summed E-state index contributed by atoms with van der Waals surface area (Å²) < 4.78 is 0. The van der Waals surface area contributed by atoms with Crippen LogP contribution in [-0.2, 0) is 6.54 Å². The smallest absolute Gasteiger partial charge is 0.107 e. The molecule has 3 nitrogen and oxygen atoms in total. The van der Waals surface area contributed by atoms with Gasteiger partial charge in [-0.05, 0) is 38.3 Å². The minimum absolute atomic E-state index is 0.809. The molecule has 0 aromatic carbocycles. The second kappa shape index (κ2) is 5.58. The minimum atomic E-state index is 0.809. The number of hydrogen-bond acceptors (Lipinski definition) is 4. The molecule has 0 radical (unpaired) electrons. The third-order valence-corrected chi connectivity index (χ3v) is 3.78. The number of rotatable bonds is 4. The molecule has 1 aliphatic rings. The molecule has 1 aromatic rings. The first-order chi connectivity index (χ1) is 7.38. The Bertz CT molecular complexity index is 271.